The number of nitrogens with one attached hydrogen (secondary N) is 1. The smallest absolute Gasteiger partial charge is 0.0783 e. The molecular weight excluding hydrogens is 286 g/mol. The van der Waals surface area contributed by atoms with Crippen LogP contribution >= 0.6 is 23.1 Å². The Morgan fingerprint density at radius 1 is 1.55 bits per heavy atom. The quantitative estimate of drug-likeness (QED) is 0.885. The van der Waals surface area contributed by atoms with E-state index in [4.69, 9.17) is 4.74 Å². The van der Waals surface area contributed by atoms with Crippen molar-refractivity contribution in [3.63, 3.8) is 0 Å². The Bertz CT molecular complexity index is 401. The minimum absolute atomic E-state index is 0.190. The zero-order valence-electron chi connectivity index (χ0n) is 12.3. The average molecular weight is 312 g/mol. The first-order valence-corrected chi connectivity index (χ1v) is 9.90. The second-order valence-electron chi connectivity index (χ2n) is 6.08. The molecule has 1 aromatic heterocycles. The Morgan fingerprint density at radius 3 is 3.20 bits per heavy atom. The van der Waals surface area contributed by atoms with Gasteiger partial charge in [-0.15, -0.1) is 0 Å². The lowest BCUT2D eigenvalue weighted by atomic mass is 9.79. The van der Waals surface area contributed by atoms with Crippen molar-refractivity contribution in [3.05, 3.63) is 22.4 Å². The molecule has 0 saturated carbocycles. The first-order valence-electron chi connectivity index (χ1n) is 7.80. The van der Waals surface area contributed by atoms with Gasteiger partial charge in [0.1, 0.15) is 0 Å². The summed E-state index contributed by atoms with van der Waals surface area (Å²) < 4.78 is 6.18. The summed E-state index contributed by atoms with van der Waals surface area (Å²) in [7, 11) is 0. The maximum absolute atomic E-state index is 6.18. The molecule has 2 saturated heterocycles. The van der Waals surface area contributed by atoms with Crippen LogP contribution in [0.4, 0.5) is 0 Å². The van der Waals surface area contributed by atoms with Gasteiger partial charge in [-0.05, 0) is 66.3 Å². The van der Waals surface area contributed by atoms with Gasteiger partial charge in [-0.25, -0.2) is 0 Å². The molecule has 0 bridgehead atoms. The molecule has 1 aromatic rings. The lowest BCUT2D eigenvalue weighted by Crippen LogP contribution is -2.43. The topological polar surface area (TPSA) is 21.3 Å². The molecule has 3 unspecified atom stereocenters. The highest BCUT2D eigenvalue weighted by molar-refractivity contribution is 7.99. The molecule has 2 fully saturated rings. The van der Waals surface area contributed by atoms with Crippen LogP contribution in [0.25, 0.3) is 0 Å². The number of ether oxygens (including phenoxy) is 1. The number of thioether (sulfide) groups is 1. The van der Waals surface area contributed by atoms with E-state index in [9.17, 15) is 0 Å². The van der Waals surface area contributed by atoms with Crippen LogP contribution in [0.3, 0.4) is 0 Å². The van der Waals surface area contributed by atoms with Gasteiger partial charge in [-0.1, -0.05) is 6.92 Å². The molecular formula is C16H25NOS2. The van der Waals surface area contributed by atoms with Crippen molar-refractivity contribution in [1.29, 1.82) is 0 Å². The van der Waals surface area contributed by atoms with Crippen LogP contribution in [0, 0.1) is 5.92 Å². The molecule has 20 heavy (non-hydrogen) atoms. The van der Waals surface area contributed by atoms with Crippen LogP contribution in [0.5, 0.6) is 0 Å². The predicted molar refractivity (Wildman–Crippen MR) is 88.7 cm³/mol. The molecule has 3 heterocycles. The van der Waals surface area contributed by atoms with Gasteiger partial charge in [0.25, 0.3) is 0 Å². The number of hydrogen-bond donors (Lipinski definition) is 1. The van der Waals surface area contributed by atoms with Crippen molar-refractivity contribution in [3.8, 4) is 0 Å². The van der Waals surface area contributed by atoms with Gasteiger partial charge in [0, 0.05) is 18.4 Å². The Labute approximate surface area is 130 Å². The highest BCUT2D eigenvalue weighted by Crippen LogP contribution is 2.44. The fourth-order valence-electron chi connectivity index (χ4n) is 3.52. The number of hydrogen-bond acceptors (Lipinski definition) is 4. The van der Waals surface area contributed by atoms with Gasteiger partial charge >= 0.3 is 0 Å². The van der Waals surface area contributed by atoms with E-state index in [-0.39, 0.29) is 5.60 Å². The first kappa shape index (κ1) is 14.9. The Hall–Kier alpha value is -0.0300. The normalized spacial score (nSPS) is 31.8. The van der Waals surface area contributed by atoms with E-state index in [1.165, 1.54) is 42.8 Å². The van der Waals surface area contributed by atoms with Crippen LogP contribution in [-0.2, 0) is 4.74 Å². The lowest BCUT2D eigenvalue weighted by molar-refractivity contribution is -0.0853. The zero-order chi connectivity index (χ0) is 13.8. The van der Waals surface area contributed by atoms with E-state index in [0.29, 0.717) is 6.04 Å². The second kappa shape index (κ2) is 6.82. The lowest BCUT2D eigenvalue weighted by Gasteiger charge is -2.41. The first-order chi connectivity index (χ1) is 9.83. The third-order valence-electron chi connectivity index (χ3n) is 4.59. The molecule has 3 rings (SSSR count). The van der Waals surface area contributed by atoms with Crippen LogP contribution in [0.1, 0.15) is 44.2 Å². The molecule has 2 aliphatic rings. The van der Waals surface area contributed by atoms with Gasteiger partial charge in [0.2, 0.25) is 0 Å². The van der Waals surface area contributed by atoms with E-state index >= 15 is 0 Å². The molecule has 2 aliphatic heterocycles. The van der Waals surface area contributed by atoms with Crippen molar-refractivity contribution in [2.75, 3.05) is 24.7 Å². The Balaban J connectivity index is 1.72. The fourth-order valence-corrected chi connectivity index (χ4v) is 5.60. The van der Waals surface area contributed by atoms with E-state index in [1.54, 1.807) is 0 Å². The molecule has 0 radical (unpaired) electrons. The highest BCUT2D eigenvalue weighted by atomic mass is 32.2. The van der Waals surface area contributed by atoms with Gasteiger partial charge in [0.05, 0.1) is 5.60 Å². The van der Waals surface area contributed by atoms with Gasteiger partial charge in [-0.3, -0.25) is 0 Å². The predicted octanol–water partition coefficient (Wildman–Crippen LogP) is 4.09. The van der Waals surface area contributed by atoms with Gasteiger partial charge in [0.15, 0.2) is 0 Å². The molecule has 4 heteroatoms. The molecule has 0 aliphatic carbocycles. The summed E-state index contributed by atoms with van der Waals surface area (Å²) in [6.07, 6.45) is 4.88. The third-order valence-corrected chi connectivity index (χ3v) is 6.51. The molecule has 3 atom stereocenters. The van der Waals surface area contributed by atoms with Crippen molar-refractivity contribution in [1.82, 2.24) is 5.32 Å². The number of thiophene rings is 1. The minimum atomic E-state index is 0.190. The van der Waals surface area contributed by atoms with Crippen LogP contribution in [0.15, 0.2) is 16.8 Å². The van der Waals surface area contributed by atoms with E-state index in [0.717, 1.165) is 19.1 Å². The van der Waals surface area contributed by atoms with Crippen LogP contribution < -0.4 is 5.32 Å². The molecule has 1 N–H and O–H groups in total. The highest BCUT2D eigenvalue weighted by Gasteiger charge is 2.42. The van der Waals surface area contributed by atoms with E-state index in [1.807, 2.05) is 11.3 Å². The summed E-state index contributed by atoms with van der Waals surface area (Å²) in [6, 6.07) is 2.82. The van der Waals surface area contributed by atoms with Gasteiger partial charge in [-0.2, -0.15) is 23.1 Å². The maximum Gasteiger partial charge on any atom is 0.0783 e. The zero-order valence-corrected chi connectivity index (χ0v) is 13.9. The number of rotatable bonds is 5. The molecule has 0 amide bonds. The SMILES string of the molecule is CCCNC(c1ccsc1)C1CCOC2(CCSC2)C1. The second-order valence-corrected chi connectivity index (χ2v) is 7.96. The van der Waals surface area contributed by atoms with E-state index in [2.05, 4.69) is 40.8 Å². The van der Waals surface area contributed by atoms with Crippen LogP contribution in [-0.4, -0.2) is 30.3 Å². The van der Waals surface area contributed by atoms with Crippen molar-refractivity contribution in [2.24, 2.45) is 5.92 Å². The summed E-state index contributed by atoms with van der Waals surface area (Å²) in [6.45, 7) is 4.30. The van der Waals surface area contributed by atoms with Crippen molar-refractivity contribution < 1.29 is 4.74 Å². The summed E-state index contributed by atoms with van der Waals surface area (Å²) in [5, 5.41) is 8.32. The molecule has 2 nitrogen and oxygen atoms in total. The standard InChI is InChI=1S/C16H25NOS2/c1-2-6-17-15(14-4-8-19-11-14)13-3-7-18-16(10-13)5-9-20-12-16/h4,8,11,13,15,17H,2-3,5-7,9-10,12H2,1H3. The van der Waals surface area contributed by atoms with Crippen molar-refractivity contribution >= 4 is 23.1 Å². The summed E-state index contributed by atoms with van der Waals surface area (Å²) in [5.74, 6) is 3.20. The molecule has 0 aromatic carbocycles. The summed E-state index contributed by atoms with van der Waals surface area (Å²) in [5.41, 5.74) is 1.67. The van der Waals surface area contributed by atoms with Crippen LogP contribution in [0.2, 0.25) is 0 Å². The summed E-state index contributed by atoms with van der Waals surface area (Å²) >= 11 is 3.88. The minimum Gasteiger partial charge on any atom is -0.374 e. The average Bonchev–Trinajstić information content (AvgIpc) is 3.12. The third kappa shape index (κ3) is 3.24. The van der Waals surface area contributed by atoms with Gasteiger partial charge < -0.3 is 10.1 Å². The summed E-state index contributed by atoms with van der Waals surface area (Å²) in [4.78, 5) is 0. The monoisotopic (exact) mass is 311 g/mol. The fraction of sp³-hybridized carbons (Fsp3) is 0.750. The Kier molecular flexibility index (Phi) is 5.08. The van der Waals surface area contributed by atoms with Crippen molar-refractivity contribution in [2.45, 2.75) is 44.2 Å². The Morgan fingerprint density at radius 2 is 2.50 bits per heavy atom. The largest absolute Gasteiger partial charge is 0.374 e. The van der Waals surface area contributed by atoms with E-state index < -0.39 is 0 Å². The molecule has 1 spiro atoms. The molecule has 112 valence electrons. The maximum atomic E-state index is 6.18.